The fourth-order valence-corrected chi connectivity index (χ4v) is 2.85. The van der Waals surface area contributed by atoms with Crippen LogP contribution in [-0.4, -0.2) is 32.2 Å². The SMILES string of the molecule is CC(C)(C)NC(N)=NCCS(=O)(=O)c1ccc(Br)cc1.I. The summed E-state index contributed by atoms with van der Waals surface area (Å²) in [6.45, 7) is 5.99. The normalized spacial score (nSPS) is 12.7. The summed E-state index contributed by atoms with van der Waals surface area (Å²) in [5.74, 6) is 0.185. The van der Waals surface area contributed by atoms with Crippen molar-refractivity contribution in [3.05, 3.63) is 28.7 Å². The van der Waals surface area contributed by atoms with Gasteiger partial charge in [0.15, 0.2) is 15.8 Å². The summed E-state index contributed by atoms with van der Waals surface area (Å²) in [5.41, 5.74) is 5.49. The molecular weight excluding hydrogens is 469 g/mol. The first-order chi connectivity index (χ1) is 9.10. The van der Waals surface area contributed by atoms with Gasteiger partial charge in [-0.2, -0.15) is 0 Å². The van der Waals surface area contributed by atoms with E-state index in [4.69, 9.17) is 5.73 Å². The number of aliphatic imine (C=N–C) groups is 1. The monoisotopic (exact) mass is 489 g/mol. The maximum absolute atomic E-state index is 12.1. The number of nitrogens with zero attached hydrogens (tertiary/aromatic N) is 1. The van der Waals surface area contributed by atoms with E-state index >= 15 is 0 Å². The van der Waals surface area contributed by atoms with Crippen molar-refractivity contribution >= 4 is 55.7 Å². The van der Waals surface area contributed by atoms with E-state index in [1.807, 2.05) is 20.8 Å². The van der Waals surface area contributed by atoms with Crippen molar-refractivity contribution in [3.63, 3.8) is 0 Å². The summed E-state index contributed by atoms with van der Waals surface area (Å²) in [6.07, 6.45) is 0. The molecule has 0 atom stereocenters. The van der Waals surface area contributed by atoms with E-state index in [0.717, 1.165) is 4.47 Å². The predicted molar refractivity (Wildman–Crippen MR) is 101 cm³/mol. The predicted octanol–water partition coefficient (Wildman–Crippen LogP) is 2.54. The fraction of sp³-hybridized carbons (Fsp3) is 0.462. The van der Waals surface area contributed by atoms with Gasteiger partial charge in [0.2, 0.25) is 0 Å². The first kappa shape index (κ1) is 20.6. The molecule has 0 unspecified atom stereocenters. The van der Waals surface area contributed by atoms with Crippen LogP contribution < -0.4 is 11.1 Å². The largest absolute Gasteiger partial charge is 0.370 e. The Morgan fingerprint density at radius 2 is 1.81 bits per heavy atom. The maximum Gasteiger partial charge on any atom is 0.189 e. The molecule has 120 valence electrons. The molecule has 1 rings (SSSR count). The lowest BCUT2D eigenvalue weighted by Crippen LogP contribution is -2.45. The van der Waals surface area contributed by atoms with Crippen LogP contribution in [0.5, 0.6) is 0 Å². The van der Waals surface area contributed by atoms with Gasteiger partial charge in [-0.25, -0.2) is 8.42 Å². The Morgan fingerprint density at radius 1 is 1.29 bits per heavy atom. The molecule has 0 aliphatic rings. The van der Waals surface area contributed by atoms with Gasteiger partial charge in [0.25, 0.3) is 0 Å². The molecule has 3 N–H and O–H groups in total. The van der Waals surface area contributed by atoms with E-state index in [1.165, 1.54) is 0 Å². The van der Waals surface area contributed by atoms with Crippen molar-refractivity contribution < 1.29 is 8.42 Å². The molecular formula is C13H21BrIN3O2S. The lowest BCUT2D eigenvalue weighted by molar-refractivity contribution is 0.508. The molecule has 0 saturated carbocycles. The second kappa shape index (κ2) is 8.33. The average Bonchev–Trinajstić information content (AvgIpc) is 2.26. The summed E-state index contributed by atoms with van der Waals surface area (Å²) in [7, 11) is -3.33. The summed E-state index contributed by atoms with van der Waals surface area (Å²) in [4.78, 5) is 4.32. The molecule has 0 radical (unpaired) electrons. The van der Waals surface area contributed by atoms with Gasteiger partial charge in [-0.3, -0.25) is 4.99 Å². The minimum atomic E-state index is -3.33. The summed E-state index contributed by atoms with van der Waals surface area (Å²) < 4.78 is 25.0. The highest BCUT2D eigenvalue weighted by molar-refractivity contribution is 14.0. The van der Waals surface area contributed by atoms with Crippen LogP contribution in [0.1, 0.15) is 20.8 Å². The third kappa shape index (κ3) is 8.01. The van der Waals surface area contributed by atoms with Crippen molar-refractivity contribution in [2.24, 2.45) is 10.7 Å². The number of sulfone groups is 1. The number of hydrogen-bond acceptors (Lipinski definition) is 3. The molecule has 0 amide bonds. The molecule has 0 aliphatic heterocycles. The van der Waals surface area contributed by atoms with Crippen LogP contribution in [0.4, 0.5) is 0 Å². The van der Waals surface area contributed by atoms with Gasteiger partial charge in [-0.05, 0) is 45.0 Å². The zero-order valence-corrected chi connectivity index (χ0v) is 17.0. The number of hydrogen-bond donors (Lipinski definition) is 2. The van der Waals surface area contributed by atoms with Crippen LogP contribution in [0.2, 0.25) is 0 Å². The highest BCUT2D eigenvalue weighted by Gasteiger charge is 2.14. The molecule has 1 aromatic rings. The van der Waals surface area contributed by atoms with Gasteiger partial charge in [0.1, 0.15) is 0 Å². The van der Waals surface area contributed by atoms with Gasteiger partial charge >= 0.3 is 0 Å². The lowest BCUT2D eigenvalue weighted by atomic mass is 10.1. The highest BCUT2D eigenvalue weighted by Crippen LogP contribution is 2.15. The van der Waals surface area contributed by atoms with E-state index in [9.17, 15) is 8.42 Å². The Balaban J connectivity index is 0.00000400. The quantitative estimate of drug-likeness (QED) is 0.386. The Kier molecular flexibility index (Phi) is 8.19. The molecule has 0 spiro atoms. The molecule has 0 bridgehead atoms. The molecule has 1 aromatic carbocycles. The zero-order valence-electron chi connectivity index (χ0n) is 12.3. The number of rotatable bonds is 4. The van der Waals surface area contributed by atoms with Gasteiger partial charge in [0, 0.05) is 10.0 Å². The van der Waals surface area contributed by atoms with Crippen molar-refractivity contribution in [2.75, 3.05) is 12.3 Å². The first-order valence-electron chi connectivity index (χ1n) is 6.16. The fourth-order valence-electron chi connectivity index (χ4n) is 1.47. The zero-order chi connectivity index (χ0) is 15.4. The van der Waals surface area contributed by atoms with Gasteiger partial charge in [-0.1, -0.05) is 15.9 Å². The molecule has 0 aliphatic carbocycles. The number of guanidine groups is 1. The molecule has 0 heterocycles. The number of nitrogens with two attached hydrogens (primary N) is 1. The highest BCUT2D eigenvalue weighted by atomic mass is 127. The van der Waals surface area contributed by atoms with E-state index in [2.05, 4.69) is 26.2 Å². The third-order valence-corrected chi connectivity index (χ3v) is 4.56. The van der Waals surface area contributed by atoms with Gasteiger partial charge in [0.05, 0.1) is 17.2 Å². The second-order valence-corrected chi connectivity index (χ2v) is 8.44. The molecule has 5 nitrogen and oxygen atoms in total. The van der Waals surface area contributed by atoms with Crippen LogP contribution in [-0.2, 0) is 9.84 Å². The average molecular weight is 490 g/mol. The van der Waals surface area contributed by atoms with Crippen molar-refractivity contribution in [3.8, 4) is 0 Å². The van der Waals surface area contributed by atoms with Crippen molar-refractivity contribution in [1.82, 2.24) is 5.32 Å². The number of benzene rings is 1. The van der Waals surface area contributed by atoms with E-state index in [-0.39, 0.29) is 47.8 Å². The Bertz CT molecular complexity index is 580. The van der Waals surface area contributed by atoms with Crippen molar-refractivity contribution in [1.29, 1.82) is 0 Å². The van der Waals surface area contributed by atoms with Crippen LogP contribution in [0, 0.1) is 0 Å². The minimum absolute atomic E-state index is 0. The Labute approximate surface area is 151 Å². The topological polar surface area (TPSA) is 84.5 Å². The third-order valence-electron chi connectivity index (χ3n) is 2.32. The molecule has 0 aromatic heterocycles. The molecule has 21 heavy (non-hydrogen) atoms. The maximum atomic E-state index is 12.1. The van der Waals surface area contributed by atoms with E-state index < -0.39 is 9.84 Å². The molecule has 0 fully saturated rings. The van der Waals surface area contributed by atoms with Gasteiger partial charge < -0.3 is 11.1 Å². The van der Waals surface area contributed by atoms with Crippen LogP contribution in [0.3, 0.4) is 0 Å². The summed E-state index contributed by atoms with van der Waals surface area (Å²) >= 11 is 3.27. The minimum Gasteiger partial charge on any atom is -0.370 e. The van der Waals surface area contributed by atoms with Gasteiger partial charge in [-0.15, -0.1) is 24.0 Å². The lowest BCUT2D eigenvalue weighted by Gasteiger charge is -2.20. The van der Waals surface area contributed by atoms with Crippen LogP contribution in [0.25, 0.3) is 0 Å². The smallest absolute Gasteiger partial charge is 0.189 e. The summed E-state index contributed by atoms with van der Waals surface area (Å²) in [5, 5.41) is 2.98. The number of halogens is 2. The van der Waals surface area contributed by atoms with Crippen LogP contribution in [0.15, 0.2) is 38.6 Å². The number of nitrogens with one attached hydrogen (secondary N) is 1. The second-order valence-electron chi connectivity index (χ2n) is 5.41. The van der Waals surface area contributed by atoms with E-state index in [0.29, 0.717) is 4.90 Å². The Hall–Kier alpha value is -0.350. The Morgan fingerprint density at radius 3 is 2.29 bits per heavy atom. The first-order valence-corrected chi connectivity index (χ1v) is 8.61. The summed E-state index contributed by atoms with van der Waals surface area (Å²) in [6, 6.07) is 6.54. The van der Waals surface area contributed by atoms with Crippen LogP contribution >= 0.6 is 39.9 Å². The molecule has 0 saturated heterocycles. The molecule has 8 heteroatoms. The van der Waals surface area contributed by atoms with E-state index in [1.54, 1.807) is 24.3 Å². The standard InChI is InChI=1S/C13H20BrN3O2S.HI/c1-13(2,3)17-12(15)16-8-9-20(18,19)11-6-4-10(14)5-7-11;/h4-7H,8-9H2,1-3H3,(H3,15,16,17);1H. The van der Waals surface area contributed by atoms with Crippen molar-refractivity contribution in [2.45, 2.75) is 31.2 Å².